The summed E-state index contributed by atoms with van der Waals surface area (Å²) in [4.78, 5) is 14.8. The second-order valence-electron chi connectivity index (χ2n) is 3.20. The van der Waals surface area contributed by atoms with Crippen LogP contribution >= 0.6 is 11.6 Å². The molecule has 1 aromatic carbocycles. The minimum atomic E-state index is -0.517. The van der Waals surface area contributed by atoms with Gasteiger partial charge in [-0.2, -0.15) is 4.98 Å². The van der Waals surface area contributed by atoms with Gasteiger partial charge in [-0.1, -0.05) is 24.6 Å². The summed E-state index contributed by atoms with van der Waals surface area (Å²) in [6.45, 7) is 1.82. The van der Waals surface area contributed by atoms with Gasteiger partial charge in [-0.15, -0.1) is 0 Å². The van der Waals surface area contributed by atoms with Crippen molar-refractivity contribution in [3.05, 3.63) is 45.3 Å². The van der Waals surface area contributed by atoms with Crippen LogP contribution in [0.4, 0.5) is 4.39 Å². The molecule has 0 atom stereocenters. The van der Waals surface area contributed by atoms with E-state index in [1.54, 1.807) is 6.07 Å². The number of rotatable bonds is 2. The number of nitrogens with one attached hydrogen (secondary N) is 1. The maximum absolute atomic E-state index is 13.6. The average Bonchev–Trinajstić information content (AvgIpc) is 2.59. The predicted octanol–water partition coefficient (Wildman–Crippen LogP) is 1.92. The molecular formula is C10H9ClFN3O. The van der Waals surface area contributed by atoms with Gasteiger partial charge in [0.25, 0.3) is 0 Å². The largest absolute Gasteiger partial charge is 0.361 e. The Morgan fingerprint density at radius 3 is 2.94 bits per heavy atom. The van der Waals surface area contributed by atoms with Crippen molar-refractivity contribution in [2.45, 2.75) is 13.3 Å². The number of H-pyrrole nitrogens is 1. The first-order valence-corrected chi connectivity index (χ1v) is 5.13. The van der Waals surface area contributed by atoms with E-state index in [0.29, 0.717) is 12.2 Å². The summed E-state index contributed by atoms with van der Waals surface area (Å²) in [5.74, 6) is -0.0622. The second-order valence-corrected chi connectivity index (χ2v) is 3.61. The van der Waals surface area contributed by atoms with Gasteiger partial charge in [0.05, 0.1) is 5.02 Å². The first-order valence-electron chi connectivity index (χ1n) is 4.75. The third-order valence-corrected chi connectivity index (χ3v) is 2.48. The SMILES string of the molecule is CCc1nc(=O)[nH]n1-c1c(F)cccc1Cl. The Morgan fingerprint density at radius 1 is 1.56 bits per heavy atom. The molecule has 2 aromatic rings. The summed E-state index contributed by atoms with van der Waals surface area (Å²) in [5.41, 5.74) is -0.396. The molecular weight excluding hydrogens is 233 g/mol. The summed E-state index contributed by atoms with van der Waals surface area (Å²) >= 11 is 5.89. The van der Waals surface area contributed by atoms with Gasteiger partial charge in [0.15, 0.2) is 0 Å². The van der Waals surface area contributed by atoms with Crippen molar-refractivity contribution in [1.29, 1.82) is 0 Å². The Balaban J connectivity index is 2.71. The summed E-state index contributed by atoms with van der Waals surface area (Å²) in [5, 5.41) is 2.64. The Kier molecular flexibility index (Phi) is 2.78. The van der Waals surface area contributed by atoms with Crippen molar-refractivity contribution >= 4 is 11.6 Å². The van der Waals surface area contributed by atoms with Crippen LogP contribution in [0.2, 0.25) is 5.02 Å². The van der Waals surface area contributed by atoms with Crippen LogP contribution in [0.5, 0.6) is 0 Å². The zero-order valence-electron chi connectivity index (χ0n) is 8.50. The fraction of sp³-hybridized carbons (Fsp3) is 0.200. The highest BCUT2D eigenvalue weighted by Gasteiger charge is 2.13. The first-order chi connectivity index (χ1) is 7.63. The van der Waals surface area contributed by atoms with Crippen LogP contribution in [-0.4, -0.2) is 14.8 Å². The summed E-state index contributed by atoms with van der Waals surface area (Å²) in [6, 6.07) is 4.33. The van der Waals surface area contributed by atoms with Crippen molar-refractivity contribution in [3.63, 3.8) is 0 Å². The van der Waals surface area contributed by atoms with E-state index in [0.717, 1.165) is 0 Å². The van der Waals surface area contributed by atoms with E-state index in [4.69, 9.17) is 11.6 Å². The molecule has 0 aliphatic rings. The molecule has 0 amide bonds. The van der Waals surface area contributed by atoms with Gasteiger partial charge in [0.1, 0.15) is 17.3 Å². The normalized spacial score (nSPS) is 10.7. The van der Waals surface area contributed by atoms with Gasteiger partial charge in [-0.05, 0) is 12.1 Å². The Hall–Kier alpha value is -1.62. The highest BCUT2D eigenvalue weighted by atomic mass is 35.5. The second kappa shape index (κ2) is 4.09. The maximum atomic E-state index is 13.6. The van der Waals surface area contributed by atoms with Gasteiger partial charge < -0.3 is 0 Å². The zero-order chi connectivity index (χ0) is 11.7. The lowest BCUT2D eigenvalue weighted by Crippen LogP contribution is -2.07. The fourth-order valence-corrected chi connectivity index (χ4v) is 1.72. The molecule has 1 N–H and O–H groups in total. The number of para-hydroxylation sites is 1. The third kappa shape index (κ3) is 1.74. The number of aromatic nitrogens is 3. The predicted molar refractivity (Wildman–Crippen MR) is 58.5 cm³/mol. The van der Waals surface area contributed by atoms with E-state index in [-0.39, 0.29) is 10.7 Å². The number of nitrogens with zero attached hydrogens (tertiary/aromatic N) is 2. The van der Waals surface area contributed by atoms with E-state index in [2.05, 4.69) is 10.1 Å². The number of aromatic amines is 1. The lowest BCUT2D eigenvalue weighted by Gasteiger charge is -2.08. The molecule has 0 spiro atoms. The molecule has 6 heteroatoms. The quantitative estimate of drug-likeness (QED) is 0.873. The van der Waals surface area contributed by atoms with Crippen molar-refractivity contribution in [3.8, 4) is 5.69 Å². The molecule has 2 rings (SSSR count). The van der Waals surface area contributed by atoms with Crippen LogP contribution in [0, 0.1) is 5.82 Å². The standard InChI is InChI=1S/C10H9ClFN3O/c1-2-8-13-10(16)14-15(8)9-6(11)4-3-5-7(9)12/h3-5H,2H2,1H3,(H,14,16). The Bertz CT molecular complexity index is 555. The van der Waals surface area contributed by atoms with E-state index in [9.17, 15) is 9.18 Å². The Labute approximate surface area is 95.7 Å². The van der Waals surface area contributed by atoms with E-state index in [1.807, 2.05) is 6.92 Å². The lowest BCUT2D eigenvalue weighted by molar-refractivity contribution is 0.605. The minimum Gasteiger partial charge on any atom is -0.244 e. The molecule has 0 aliphatic heterocycles. The zero-order valence-corrected chi connectivity index (χ0v) is 9.25. The maximum Gasteiger partial charge on any atom is 0.361 e. The van der Waals surface area contributed by atoms with Crippen LogP contribution in [0.15, 0.2) is 23.0 Å². The summed E-state index contributed by atoms with van der Waals surface area (Å²) < 4.78 is 14.9. The lowest BCUT2D eigenvalue weighted by atomic mass is 10.3. The highest BCUT2D eigenvalue weighted by Crippen LogP contribution is 2.23. The average molecular weight is 242 g/mol. The van der Waals surface area contributed by atoms with Crippen molar-refractivity contribution in [2.75, 3.05) is 0 Å². The van der Waals surface area contributed by atoms with E-state index < -0.39 is 11.5 Å². The molecule has 0 radical (unpaired) electrons. The molecule has 84 valence electrons. The molecule has 1 heterocycles. The molecule has 0 unspecified atom stereocenters. The van der Waals surface area contributed by atoms with Gasteiger partial charge in [-0.25, -0.2) is 19.0 Å². The minimum absolute atomic E-state index is 0.121. The van der Waals surface area contributed by atoms with E-state index >= 15 is 0 Å². The molecule has 0 fully saturated rings. The van der Waals surface area contributed by atoms with Crippen molar-refractivity contribution < 1.29 is 4.39 Å². The number of hydrogen-bond acceptors (Lipinski definition) is 2. The summed E-state index contributed by atoms with van der Waals surface area (Å²) in [6.07, 6.45) is 0.503. The number of halogens is 2. The molecule has 16 heavy (non-hydrogen) atoms. The fourth-order valence-electron chi connectivity index (χ4n) is 1.48. The summed E-state index contributed by atoms with van der Waals surface area (Å²) in [7, 11) is 0. The molecule has 0 saturated heterocycles. The van der Waals surface area contributed by atoms with Crippen molar-refractivity contribution in [1.82, 2.24) is 14.8 Å². The first kappa shape index (κ1) is 10.9. The molecule has 4 nitrogen and oxygen atoms in total. The van der Waals surface area contributed by atoms with E-state index in [1.165, 1.54) is 16.8 Å². The van der Waals surface area contributed by atoms with Crippen LogP contribution < -0.4 is 5.69 Å². The van der Waals surface area contributed by atoms with Gasteiger partial charge in [-0.3, -0.25) is 0 Å². The van der Waals surface area contributed by atoms with Gasteiger partial charge in [0, 0.05) is 6.42 Å². The van der Waals surface area contributed by atoms with Crippen LogP contribution in [0.25, 0.3) is 5.69 Å². The molecule has 1 aromatic heterocycles. The number of benzene rings is 1. The van der Waals surface area contributed by atoms with Gasteiger partial charge in [0.2, 0.25) is 0 Å². The van der Waals surface area contributed by atoms with Crippen LogP contribution in [0.1, 0.15) is 12.7 Å². The molecule has 0 saturated carbocycles. The molecule has 0 bridgehead atoms. The molecule has 0 aliphatic carbocycles. The number of aryl methyl sites for hydroxylation is 1. The Morgan fingerprint density at radius 2 is 2.31 bits per heavy atom. The third-order valence-electron chi connectivity index (χ3n) is 2.17. The van der Waals surface area contributed by atoms with Crippen LogP contribution in [0.3, 0.4) is 0 Å². The monoisotopic (exact) mass is 241 g/mol. The highest BCUT2D eigenvalue weighted by molar-refractivity contribution is 6.32. The van der Waals surface area contributed by atoms with Crippen molar-refractivity contribution in [2.24, 2.45) is 0 Å². The van der Waals surface area contributed by atoms with Crippen LogP contribution in [-0.2, 0) is 6.42 Å². The smallest absolute Gasteiger partial charge is 0.244 e. The number of hydrogen-bond donors (Lipinski definition) is 1. The topological polar surface area (TPSA) is 50.7 Å². The van der Waals surface area contributed by atoms with Gasteiger partial charge >= 0.3 is 5.69 Å².